The second-order valence-corrected chi connectivity index (χ2v) is 8.31. The lowest BCUT2D eigenvalue weighted by molar-refractivity contribution is 0.138. The van der Waals surface area contributed by atoms with Crippen molar-refractivity contribution in [2.45, 2.75) is 58.0 Å². The third kappa shape index (κ3) is 3.35. The van der Waals surface area contributed by atoms with Crippen molar-refractivity contribution >= 4 is 11.0 Å². The monoisotopic (exact) mass is 395 g/mol. The summed E-state index contributed by atoms with van der Waals surface area (Å²) >= 11 is 0. The second kappa shape index (κ2) is 7.86. The van der Waals surface area contributed by atoms with Crippen LogP contribution in [0, 0.1) is 0 Å². The average Bonchev–Trinajstić information content (AvgIpc) is 3.11. The van der Waals surface area contributed by atoms with Crippen LogP contribution >= 0.6 is 0 Å². The maximum Gasteiger partial charge on any atom is 0.131 e. The van der Waals surface area contributed by atoms with Crippen molar-refractivity contribution in [3.8, 4) is 0 Å². The van der Waals surface area contributed by atoms with E-state index >= 15 is 0 Å². The quantitative estimate of drug-likeness (QED) is 0.584. The Bertz CT molecular complexity index is 1010. The molecule has 3 aromatic rings. The van der Waals surface area contributed by atoms with E-state index in [-0.39, 0.29) is 0 Å². The van der Waals surface area contributed by atoms with Crippen molar-refractivity contribution in [3.63, 3.8) is 0 Å². The molecule has 1 unspecified atom stereocenters. The highest BCUT2D eigenvalue weighted by molar-refractivity contribution is 5.83. The van der Waals surface area contributed by atoms with Crippen molar-refractivity contribution in [3.05, 3.63) is 64.5 Å². The molecule has 1 atom stereocenters. The molecule has 0 amide bonds. The highest BCUT2D eigenvalue weighted by Gasteiger charge is 2.34. The van der Waals surface area contributed by atoms with Gasteiger partial charge in [-0.25, -0.2) is 13.8 Å². The van der Waals surface area contributed by atoms with E-state index in [4.69, 9.17) is 4.98 Å². The van der Waals surface area contributed by atoms with Crippen molar-refractivity contribution in [1.82, 2.24) is 14.5 Å². The number of alkyl halides is 2. The Hall–Kier alpha value is -2.27. The second-order valence-electron chi connectivity index (χ2n) is 8.31. The fraction of sp³-hybridized carbons (Fsp3) is 0.458. The van der Waals surface area contributed by atoms with Crippen molar-refractivity contribution in [2.24, 2.45) is 0 Å². The van der Waals surface area contributed by atoms with Gasteiger partial charge in [0.05, 0.1) is 16.7 Å². The Balaban J connectivity index is 1.54. The molecule has 4 heterocycles. The molecule has 5 rings (SSSR count). The van der Waals surface area contributed by atoms with Gasteiger partial charge in [0.2, 0.25) is 0 Å². The fourth-order valence-electron chi connectivity index (χ4n) is 5.16. The Morgan fingerprint density at radius 3 is 2.55 bits per heavy atom. The molecule has 0 saturated carbocycles. The maximum absolute atomic E-state index is 13.4. The maximum atomic E-state index is 13.4. The minimum absolute atomic E-state index is 0.419. The van der Waals surface area contributed by atoms with Gasteiger partial charge in [0, 0.05) is 36.8 Å². The third-order valence-corrected chi connectivity index (χ3v) is 6.64. The van der Waals surface area contributed by atoms with Gasteiger partial charge in [-0.15, -0.1) is 0 Å². The zero-order chi connectivity index (χ0) is 19.8. The first-order valence-electron chi connectivity index (χ1n) is 10.7. The molecule has 1 fully saturated rings. The van der Waals surface area contributed by atoms with Gasteiger partial charge in [-0.2, -0.15) is 0 Å². The number of hydrogen-bond acceptors (Lipinski definition) is 2. The fourth-order valence-corrected chi connectivity index (χ4v) is 5.16. The molecule has 1 saturated heterocycles. The molecule has 0 N–H and O–H groups in total. The minimum Gasteiger partial charge on any atom is -0.343 e. The molecular weight excluding hydrogens is 368 g/mol. The van der Waals surface area contributed by atoms with Gasteiger partial charge >= 0.3 is 0 Å². The summed E-state index contributed by atoms with van der Waals surface area (Å²) in [7, 11) is 0. The van der Waals surface area contributed by atoms with Gasteiger partial charge in [-0.1, -0.05) is 30.7 Å². The van der Waals surface area contributed by atoms with Crippen LogP contribution in [0.5, 0.6) is 0 Å². The summed E-state index contributed by atoms with van der Waals surface area (Å²) in [5.41, 5.74) is 7.30. The number of benzene rings is 1. The van der Waals surface area contributed by atoms with Crippen molar-refractivity contribution < 1.29 is 8.78 Å². The zero-order valence-corrected chi connectivity index (χ0v) is 16.7. The zero-order valence-electron chi connectivity index (χ0n) is 16.7. The highest BCUT2D eigenvalue weighted by atomic mass is 19.1. The topological polar surface area (TPSA) is 21.1 Å². The summed E-state index contributed by atoms with van der Waals surface area (Å²) in [6, 6.07) is 12.1. The molecule has 2 aliphatic heterocycles. The van der Waals surface area contributed by atoms with E-state index < -0.39 is 13.3 Å². The van der Waals surface area contributed by atoms with Gasteiger partial charge in [0.1, 0.15) is 13.3 Å². The van der Waals surface area contributed by atoms with E-state index in [0.717, 1.165) is 49.1 Å². The SMILES string of the molecule is FCc1ccc(CCn2c3c(c4nc(CF)ccc42)C2CCCCN2CC3)cc1. The lowest BCUT2D eigenvalue weighted by Crippen LogP contribution is -2.39. The standard InChI is InChI=1S/C24H27F2N3/c25-15-18-6-4-17(5-7-18)10-14-29-21-11-13-28-12-2-1-3-20(28)23(21)24-22(29)9-8-19(16-26)27-24/h4-9,20H,1-3,10-16H2. The lowest BCUT2D eigenvalue weighted by atomic mass is 9.90. The number of aryl methyl sites for hydroxylation is 2. The molecule has 0 aliphatic carbocycles. The summed E-state index contributed by atoms with van der Waals surface area (Å²) in [4.78, 5) is 7.32. The summed E-state index contributed by atoms with van der Waals surface area (Å²) in [6.07, 6.45) is 5.59. The summed E-state index contributed by atoms with van der Waals surface area (Å²) in [5, 5.41) is 0. The van der Waals surface area contributed by atoms with Crippen LogP contribution in [0.1, 0.15) is 53.4 Å². The predicted octanol–water partition coefficient (Wildman–Crippen LogP) is 5.30. The Labute approximate surface area is 170 Å². The summed E-state index contributed by atoms with van der Waals surface area (Å²) in [6.45, 7) is 2.17. The average molecular weight is 395 g/mol. The first kappa shape index (κ1) is 18.7. The molecule has 1 aromatic carbocycles. The van der Waals surface area contributed by atoms with Crippen LogP contribution in [-0.2, 0) is 32.7 Å². The van der Waals surface area contributed by atoms with Gasteiger partial charge in [-0.05, 0) is 49.1 Å². The predicted molar refractivity (Wildman–Crippen MR) is 111 cm³/mol. The highest BCUT2D eigenvalue weighted by Crippen LogP contribution is 2.41. The molecule has 3 nitrogen and oxygen atoms in total. The number of halogens is 2. The number of aromatic nitrogens is 2. The molecule has 0 spiro atoms. The van der Waals surface area contributed by atoms with E-state index in [1.807, 2.05) is 30.3 Å². The normalized spacial score (nSPS) is 19.3. The molecule has 5 heteroatoms. The first-order chi connectivity index (χ1) is 14.3. The minimum atomic E-state index is -0.523. The Morgan fingerprint density at radius 1 is 0.931 bits per heavy atom. The molecule has 0 bridgehead atoms. The van der Waals surface area contributed by atoms with Crippen LogP contribution in [0.15, 0.2) is 36.4 Å². The van der Waals surface area contributed by atoms with Crippen LogP contribution in [0.25, 0.3) is 11.0 Å². The van der Waals surface area contributed by atoms with Crippen molar-refractivity contribution in [1.29, 1.82) is 0 Å². The van der Waals surface area contributed by atoms with Crippen LogP contribution in [0.2, 0.25) is 0 Å². The van der Waals surface area contributed by atoms with Crippen LogP contribution in [0.4, 0.5) is 8.78 Å². The summed E-state index contributed by atoms with van der Waals surface area (Å²) < 4.78 is 28.5. The lowest BCUT2D eigenvalue weighted by Gasteiger charge is -2.39. The van der Waals surface area contributed by atoms with Crippen LogP contribution in [-0.4, -0.2) is 27.5 Å². The Morgan fingerprint density at radius 2 is 1.76 bits per heavy atom. The van der Waals surface area contributed by atoms with Gasteiger partial charge in [0.15, 0.2) is 0 Å². The largest absolute Gasteiger partial charge is 0.343 e. The smallest absolute Gasteiger partial charge is 0.131 e. The number of piperidine rings is 1. The molecule has 2 aromatic heterocycles. The number of rotatable bonds is 5. The number of pyridine rings is 1. The number of nitrogens with zero attached hydrogens (tertiary/aromatic N) is 3. The molecule has 152 valence electrons. The van der Waals surface area contributed by atoms with E-state index in [1.54, 1.807) is 0 Å². The van der Waals surface area contributed by atoms with Gasteiger partial charge in [0.25, 0.3) is 0 Å². The number of hydrogen-bond donors (Lipinski definition) is 0. The third-order valence-electron chi connectivity index (χ3n) is 6.64. The molecular formula is C24H27F2N3. The van der Waals surface area contributed by atoms with Crippen LogP contribution in [0.3, 0.4) is 0 Å². The van der Waals surface area contributed by atoms with E-state index in [0.29, 0.717) is 11.7 Å². The van der Waals surface area contributed by atoms with E-state index in [1.165, 1.54) is 36.1 Å². The summed E-state index contributed by atoms with van der Waals surface area (Å²) in [5.74, 6) is 0. The van der Waals surface area contributed by atoms with Gasteiger partial charge < -0.3 is 4.57 Å². The van der Waals surface area contributed by atoms with Crippen LogP contribution < -0.4 is 0 Å². The van der Waals surface area contributed by atoms with Crippen molar-refractivity contribution in [2.75, 3.05) is 13.1 Å². The van der Waals surface area contributed by atoms with Gasteiger partial charge in [-0.3, -0.25) is 4.90 Å². The molecule has 0 radical (unpaired) electrons. The van der Waals surface area contributed by atoms with E-state index in [9.17, 15) is 8.78 Å². The van der Waals surface area contributed by atoms with E-state index in [2.05, 4.69) is 15.5 Å². The molecule has 2 aliphatic rings. The Kier molecular flexibility index (Phi) is 5.08. The molecule has 29 heavy (non-hydrogen) atoms. The first-order valence-corrected chi connectivity index (χ1v) is 10.7. The number of fused-ring (bicyclic) bond motifs is 5.